The number of nitrogens with one attached hydrogen (secondary N) is 1. The van der Waals surface area contributed by atoms with E-state index < -0.39 is 0 Å². The predicted molar refractivity (Wildman–Crippen MR) is 74.5 cm³/mol. The molecule has 0 amide bonds. The SMILES string of the molecule is CC1CN(CCNc2ccc(Br)cc2)CCO1. The Bertz CT molecular complexity index is 342. The number of nitrogens with zero attached hydrogens (tertiary/aromatic N) is 1. The van der Waals surface area contributed by atoms with Crippen molar-refractivity contribution >= 4 is 21.6 Å². The zero-order valence-corrected chi connectivity index (χ0v) is 11.7. The normalized spacial score (nSPS) is 21.4. The molecule has 17 heavy (non-hydrogen) atoms. The molecule has 1 aliphatic rings. The van der Waals surface area contributed by atoms with Gasteiger partial charge in [-0.05, 0) is 31.2 Å². The van der Waals surface area contributed by atoms with Gasteiger partial charge in [0.2, 0.25) is 0 Å². The largest absolute Gasteiger partial charge is 0.384 e. The number of halogens is 1. The second kappa shape index (κ2) is 6.38. The maximum atomic E-state index is 5.52. The van der Waals surface area contributed by atoms with Crippen LogP contribution in [-0.2, 0) is 4.74 Å². The van der Waals surface area contributed by atoms with E-state index in [1.54, 1.807) is 0 Å². The zero-order valence-electron chi connectivity index (χ0n) is 10.2. The third-order valence-corrected chi connectivity index (χ3v) is 3.46. The van der Waals surface area contributed by atoms with Crippen molar-refractivity contribution in [2.75, 3.05) is 38.1 Å². The molecule has 1 atom stereocenters. The molecule has 2 rings (SSSR count). The molecular weight excluding hydrogens is 280 g/mol. The Morgan fingerprint density at radius 2 is 2.18 bits per heavy atom. The van der Waals surface area contributed by atoms with Crippen LogP contribution in [0.25, 0.3) is 0 Å². The Labute approximate surface area is 111 Å². The average molecular weight is 299 g/mol. The summed E-state index contributed by atoms with van der Waals surface area (Å²) < 4.78 is 6.63. The van der Waals surface area contributed by atoms with Crippen LogP contribution in [0.1, 0.15) is 6.92 Å². The fourth-order valence-corrected chi connectivity index (χ4v) is 2.28. The lowest BCUT2D eigenvalue weighted by Gasteiger charge is -2.31. The van der Waals surface area contributed by atoms with E-state index in [2.05, 4.69) is 57.3 Å². The Morgan fingerprint density at radius 3 is 2.88 bits per heavy atom. The molecule has 1 saturated heterocycles. The Kier molecular flexibility index (Phi) is 4.83. The Morgan fingerprint density at radius 1 is 1.41 bits per heavy atom. The van der Waals surface area contributed by atoms with Crippen LogP contribution in [0.15, 0.2) is 28.7 Å². The first kappa shape index (κ1) is 12.9. The average Bonchev–Trinajstić information content (AvgIpc) is 2.32. The number of hydrogen-bond donors (Lipinski definition) is 1. The van der Waals surface area contributed by atoms with Gasteiger partial charge in [-0.15, -0.1) is 0 Å². The zero-order chi connectivity index (χ0) is 12.1. The molecule has 0 saturated carbocycles. The molecule has 4 heteroatoms. The molecule has 1 aromatic rings. The molecule has 0 bridgehead atoms. The first-order chi connectivity index (χ1) is 8.24. The summed E-state index contributed by atoms with van der Waals surface area (Å²) in [4.78, 5) is 2.44. The van der Waals surface area contributed by atoms with Crippen molar-refractivity contribution in [3.8, 4) is 0 Å². The topological polar surface area (TPSA) is 24.5 Å². The lowest BCUT2D eigenvalue weighted by atomic mass is 10.3. The van der Waals surface area contributed by atoms with Crippen molar-refractivity contribution in [1.82, 2.24) is 4.90 Å². The summed E-state index contributed by atoms with van der Waals surface area (Å²) in [7, 11) is 0. The lowest BCUT2D eigenvalue weighted by molar-refractivity contribution is -0.0166. The third-order valence-electron chi connectivity index (χ3n) is 2.93. The quantitative estimate of drug-likeness (QED) is 0.925. The Hall–Kier alpha value is -0.580. The molecule has 94 valence electrons. The van der Waals surface area contributed by atoms with Crippen molar-refractivity contribution in [3.05, 3.63) is 28.7 Å². The monoisotopic (exact) mass is 298 g/mol. The van der Waals surface area contributed by atoms with E-state index in [1.165, 1.54) is 5.69 Å². The van der Waals surface area contributed by atoms with Crippen LogP contribution in [0.3, 0.4) is 0 Å². The summed E-state index contributed by atoms with van der Waals surface area (Å²) in [5.74, 6) is 0. The number of hydrogen-bond acceptors (Lipinski definition) is 3. The van der Waals surface area contributed by atoms with Gasteiger partial charge in [0.25, 0.3) is 0 Å². The van der Waals surface area contributed by atoms with Crippen LogP contribution < -0.4 is 5.32 Å². The smallest absolute Gasteiger partial charge is 0.0674 e. The summed E-state index contributed by atoms with van der Waals surface area (Å²) in [5, 5.41) is 3.43. The van der Waals surface area contributed by atoms with Gasteiger partial charge in [-0.2, -0.15) is 0 Å². The lowest BCUT2D eigenvalue weighted by Crippen LogP contribution is -2.43. The van der Waals surface area contributed by atoms with Crippen LogP contribution in [0.2, 0.25) is 0 Å². The molecule has 0 radical (unpaired) electrons. The van der Waals surface area contributed by atoms with Gasteiger partial charge in [0, 0.05) is 36.3 Å². The van der Waals surface area contributed by atoms with Gasteiger partial charge >= 0.3 is 0 Å². The highest BCUT2D eigenvalue weighted by atomic mass is 79.9. The number of anilines is 1. The molecule has 1 heterocycles. The second-order valence-corrected chi connectivity index (χ2v) is 5.33. The van der Waals surface area contributed by atoms with E-state index in [-0.39, 0.29) is 0 Å². The van der Waals surface area contributed by atoms with Crippen LogP contribution in [-0.4, -0.2) is 43.8 Å². The number of morpholine rings is 1. The molecule has 1 unspecified atom stereocenters. The highest BCUT2D eigenvalue weighted by Crippen LogP contribution is 2.13. The van der Waals surface area contributed by atoms with Crippen LogP contribution >= 0.6 is 15.9 Å². The summed E-state index contributed by atoms with van der Waals surface area (Å²) in [6, 6.07) is 8.29. The van der Waals surface area contributed by atoms with Gasteiger partial charge in [0.15, 0.2) is 0 Å². The van der Waals surface area contributed by atoms with Gasteiger partial charge in [-0.25, -0.2) is 0 Å². The van der Waals surface area contributed by atoms with Gasteiger partial charge in [-0.1, -0.05) is 15.9 Å². The summed E-state index contributed by atoms with van der Waals surface area (Å²) in [6.07, 6.45) is 0.372. The minimum atomic E-state index is 0.372. The van der Waals surface area contributed by atoms with Crippen molar-refractivity contribution in [1.29, 1.82) is 0 Å². The van der Waals surface area contributed by atoms with E-state index in [1.807, 2.05) is 0 Å². The van der Waals surface area contributed by atoms with Crippen molar-refractivity contribution in [3.63, 3.8) is 0 Å². The minimum absolute atomic E-state index is 0.372. The second-order valence-electron chi connectivity index (χ2n) is 4.42. The summed E-state index contributed by atoms with van der Waals surface area (Å²) in [6.45, 7) is 7.14. The van der Waals surface area contributed by atoms with Crippen molar-refractivity contribution < 1.29 is 4.74 Å². The molecule has 1 fully saturated rings. The van der Waals surface area contributed by atoms with Gasteiger partial charge < -0.3 is 10.1 Å². The maximum Gasteiger partial charge on any atom is 0.0674 e. The predicted octanol–water partition coefficient (Wildman–Crippen LogP) is 2.58. The fraction of sp³-hybridized carbons (Fsp3) is 0.538. The standard InChI is InChI=1S/C13H19BrN2O/c1-11-10-16(8-9-17-11)7-6-15-13-4-2-12(14)3-5-13/h2-5,11,15H,6-10H2,1H3. The molecule has 0 spiro atoms. The molecule has 1 aliphatic heterocycles. The first-order valence-electron chi connectivity index (χ1n) is 6.07. The number of rotatable bonds is 4. The minimum Gasteiger partial charge on any atom is -0.384 e. The number of benzene rings is 1. The summed E-state index contributed by atoms with van der Waals surface area (Å²) in [5.41, 5.74) is 1.18. The van der Waals surface area contributed by atoms with E-state index in [4.69, 9.17) is 4.74 Å². The molecule has 1 aromatic carbocycles. The van der Waals surface area contributed by atoms with Crippen molar-refractivity contribution in [2.45, 2.75) is 13.0 Å². The highest BCUT2D eigenvalue weighted by Gasteiger charge is 2.15. The first-order valence-corrected chi connectivity index (χ1v) is 6.87. The van der Waals surface area contributed by atoms with E-state index in [0.717, 1.165) is 37.3 Å². The molecule has 0 aliphatic carbocycles. The number of ether oxygens (including phenoxy) is 1. The molecule has 0 aromatic heterocycles. The van der Waals surface area contributed by atoms with Crippen LogP contribution in [0, 0.1) is 0 Å². The van der Waals surface area contributed by atoms with Gasteiger partial charge in [-0.3, -0.25) is 4.90 Å². The Balaban J connectivity index is 1.70. The van der Waals surface area contributed by atoms with E-state index in [9.17, 15) is 0 Å². The maximum absolute atomic E-state index is 5.52. The van der Waals surface area contributed by atoms with Gasteiger partial charge in [0.05, 0.1) is 12.7 Å². The summed E-state index contributed by atoms with van der Waals surface area (Å²) >= 11 is 3.43. The molecule has 3 nitrogen and oxygen atoms in total. The van der Waals surface area contributed by atoms with E-state index in [0.29, 0.717) is 6.10 Å². The van der Waals surface area contributed by atoms with E-state index >= 15 is 0 Å². The van der Waals surface area contributed by atoms with Gasteiger partial charge in [0.1, 0.15) is 0 Å². The fourth-order valence-electron chi connectivity index (χ4n) is 2.02. The third kappa shape index (κ3) is 4.30. The van der Waals surface area contributed by atoms with Crippen LogP contribution in [0.5, 0.6) is 0 Å². The molecular formula is C13H19BrN2O. The van der Waals surface area contributed by atoms with Crippen molar-refractivity contribution in [2.24, 2.45) is 0 Å². The highest BCUT2D eigenvalue weighted by molar-refractivity contribution is 9.10. The molecule has 1 N–H and O–H groups in total. The van der Waals surface area contributed by atoms with Crippen LogP contribution in [0.4, 0.5) is 5.69 Å².